The summed E-state index contributed by atoms with van der Waals surface area (Å²) in [6.07, 6.45) is 4.16. The normalized spacial score (nSPS) is 31.5. The Morgan fingerprint density at radius 2 is 1.80 bits per heavy atom. The Morgan fingerprint density at radius 1 is 1.12 bits per heavy atom. The van der Waals surface area contributed by atoms with Crippen molar-refractivity contribution >= 4 is 6.09 Å². The number of hydrogen-bond donors (Lipinski definition) is 1. The highest BCUT2D eigenvalue weighted by atomic mass is 16.4. The Morgan fingerprint density at radius 3 is 2.36 bits per heavy atom. The molecule has 0 atom stereocenters. The summed E-state index contributed by atoms with van der Waals surface area (Å²) in [5, 5.41) is 19.0. The van der Waals surface area contributed by atoms with E-state index in [2.05, 4.69) is 23.1 Å². The van der Waals surface area contributed by atoms with Gasteiger partial charge in [0.25, 0.3) is 0 Å². The lowest BCUT2D eigenvalue weighted by Gasteiger charge is -2.53. The largest absolute Gasteiger partial charge is 0.465 e. The highest BCUT2D eigenvalue weighted by Crippen LogP contribution is 2.46. The SMILES string of the molecule is N#CC1(c2ccccc2)CCC(N2CC3(CCN(C(=O)O)C3)C2)CC1. The first-order valence-corrected chi connectivity index (χ1v) is 9.25. The summed E-state index contributed by atoms with van der Waals surface area (Å²) in [6.45, 7) is 3.41. The Hall–Kier alpha value is -2.06. The van der Waals surface area contributed by atoms with Crippen molar-refractivity contribution in [1.82, 2.24) is 9.80 Å². The minimum Gasteiger partial charge on any atom is -0.465 e. The van der Waals surface area contributed by atoms with Crippen molar-refractivity contribution in [2.45, 2.75) is 43.6 Å². The van der Waals surface area contributed by atoms with Gasteiger partial charge in [0.05, 0.1) is 11.5 Å². The molecule has 1 aromatic carbocycles. The summed E-state index contributed by atoms with van der Waals surface area (Å²) >= 11 is 0. The summed E-state index contributed by atoms with van der Waals surface area (Å²) in [6, 6.07) is 13.4. The summed E-state index contributed by atoms with van der Waals surface area (Å²) in [7, 11) is 0. The second-order valence-electron chi connectivity index (χ2n) is 8.15. The molecule has 1 aliphatic carbocycles. The molecule has 0 aromatic heterocycles. The zero-order chi connectivity index (χ0) is 17.5. The van der Waals surface area contributed by atoms with Crippen molar-refractivity contribution in [2.24, 2.45) is 5.41 Å². The maximum absolute atomic E-state index is 11.1. The standard InChI is InChI=1S/C20H25N3O2/c21-12-20(16-4-2-1-3-5-16)8-6-17(7-9-20)23-14-19(15-23)10-11-22(13-19)18(24)25/h1-5,17H,6-11,13-15H2,(H,24,25). The maximum atomic E-state index is 11.1. The Kier molecular flexibility index (Phi) is 3.96. The van der Waals surface area contributed by atoms with E-state index in [1.807, 2.05) is 18.2 Å². The maximum Gasteiger partial charge on any atom is 0.407 e. The molecule has 1 amide bonds. The second kappa shape index (κ2) is 6.03. The number of carboxylic acid groups (broad SMARTS) is 1. The average Bonchev–Trinajstić information content (AvgIpc) is 3.07. The quantitative estimate of drug-likeness (QED) is 0.899. The molecule has 3 fully saturated rings. The molecule has 0 unspecified atom stereocenters. The van der Waals surface area contributed by atoms with Crippen LogP contribution >= 0.6 is 0 Å². The van der Waals surface area contributed by atoms with Gasteiger partial charge < -0.3 is 10.0 Å². The Labute approximate surface area is 148 Å². The van der Waals surface area contributed by atoms with Crippen LogP contribution in [-0.2, 0) is 5.41 Å². The van der Waals surface area contributed by atoms with Crippen LogP contribution in [-0.4, -0.2) is 53.2 Å². The fourth-order valence-electron chi connectivity index (χ4n) is 5.11. The van der Waals surface area contributed by atoms with E-state index < -0.39 is 6.09 Å². The van der Waals surface area contributed by atoms with Crippen LogP contribution in [0, 0.1) is 16.7 Å². The summed E-state index contributed by atoms with van der Waals surface area (Å²) in [5.74, 6) is 0. The third kappa shape index (κ3) is 2.79. The van der Waals surface area contributed by atoms with Gasteiger partial charge in [0, 0.05) is 37.6 Å². The lowest BCUT2D eigenvalue weighted by atomic mass is 9.67. The third-order valence-electron chi connectivity index (χ3n) is 6.65. The van der Waals surface area contributed by atoms with Crippen LogP contribution in [0.2, 0.25) is 0 Å². The van der Waals surface area contributed by atoms with Gasteiger partial charge in [-0.1, -0.05) is 30.3 Å². The van der Waals surface area contributed by atoms with E-state index in [-0.39, 0.29) is 10.8 Å². The predicted molar refractivity (Wildman–Crippen MR) is 94.2 cm³/mol. The number of carbonyl (C=O) groups is 1. The number of benzene rings is 1. The first kappa shape index (κ1) is 16.4. The minimum absolute atomic E-state index is 0.196. The average molecular weight is 339 g/mol. The van der Waals surface area contributed by atoms with Crippen molar-refractivity contribution in [3.8, 4) is 6.07 Å². The van der Waals surface area contributed by atoms with Crippen LogP contribution < -0.4 is 0 Å². The lowest BCUT2D eigenvalue weighted by molar-refractivity contribution is -0.0371. The van der Waals surface area contributed by atoms with Crippen LogP contribution in [0.15, 0.2) is 30.3 Å². The molecule has 1 spiro atoms. The molecule has 3 aliphatic rings. The fourth-order valence-corrected chi connectivity index (χ4v) is 5.11. The smallest absolute Gasteiger partial charge is 0.407 e. The highest BCUT2D eigenvalue weighted by molar-refractivity contribution is 5.65. The van der Waals surface area contributed by atoms with Crippen molar-refractivity contribution < 1.29 is 9.90 Å². The Balaban J connectivity index is 1.35. The van der Waals surface area contributed by atoms with Crippen LogP contribution in [0.5, 0.6) is 0 Å². The van der Waals surface area contributed by atoms with Crippen molar-refractivity contribution in [3.05, 3.63) is 35.9 Å². The van der Waals surface area contributed by atoms with E-state index in [0.717, 1.165) is 50.8 Å². The molecular formula is C20H25N3O2. The molecule has 2 heterocycles. The molecule has 5 nitrogen and oxygen atoms in total. The topological polar surface area (TPSA) is 67.6 Å². The van der Waals surface area contributed by atoms with Gasteiger partial charge in [-0.3, -0.25) is 4.90 Å². The molecule has 0 bridgehead atoms. The van der Waals surface area contributed by atoms with Gasteiger partial charge in [0.1, 0.15) is 0 Å². The van der Waals surface area contributed by atoms with E-state index in [9.17, 15) is 10.1 Å². The first-order chi connectivity index (χ1) is 12.1. The molecule has 132 valence electrons. The van der Waals surface area contributed by atoms with Gasteiger partial charge in [0.15, 0.2) is 0 Å². The molecule has 25 heavy (non-hydrogen) atoms. The lowest BCUT2D eigenvalue weighted by Crippen LogP contribution is -2.61. The van der Waals surface area contributed by atoms with Gasteiger partial charge in [-0.15, -0.1) is 0 Å². The molecule has 1 aromatic rings. The number of nitriles is 1. The van der Waals surface area contributed by atoms with Crippen molar-refractivity contribution in [1.29, 1.82) is 5.26 Å². The van der Waals surface area contributed by atoms with Crippen LogP contribution in [0.1, 0.15) is 37.7 Å². The third-order valence-corrected chi connectivity index (χ3v) is 6.65. The van der Waals surface area contributed by atoms with E-state index >= 15 is 0 Å². The number of nitrogens with zero attached hydrogens (tertiary/aromatic N) is 3. The predicted octanol–water partition coefficient (Wildman–Crippen LogP) is 3.08. The van der Waals surface area contributed by atoms with Crippen LogP contribution in [0.25, 0.3) is 0 Å². The van der Waals surface area contributed by atoms with Gasteiger partial charge in [0.2, 0.25) is 0 Å². The molecule has 4 rings (SSSR count). The number of hydrogen-bond acceptors (Lipinski definition) is 3. The zero-order valence-corrected chi connectivity index (χ0v) is 14.5. The van der Waals surface area contributed by atoms with E-state index in [1.165, 1.54) is 0 Å². The summed E-state index contributed by atoms with van der Waals surface area (Å²) in [5.41, 5.74) is 1.03. The number of amides is 1. The van der Waals surface area contributed by atoms with Crippen LogP contribution in [0.3, 0.4) is 0 Å². The monoisotopic (exact) mass is 339 g/mol. The summed E-state index contributed by atoms with van der Waals surface area (Å²) in [4.78, 5) is 15.2. The molecule has 1 saturated carbocycles. The number of rotatable bonds is 2. The molecule has 5 heteroatoms. The fraction of sp³-hybridized carbons (Fsp3) is 0.600. The van der Waals surface area contributed by atoms with Gasteiger partial charge >= 0.3 is 6.09 Å². The zero-order valence-electron chi connectivity index (χ0n) is 14.5. The summed E-state index contributed by atoms with van der Waals surface area (Å²) < 4.78 is 0. The molecular weight excluding hydrogens is 314 g/mol. The van der Waals surface area contributed by atoms with E-state index in [0.29, 0.717) is 19.1 Å². The highest BCUT2D eigenvalue weighted by Gasteiger charge is 2.51. The molecule has 1 N–H and O–H groups in total. The Bertz CT molecular complexity index is 683. The van der Waals surface area contributed by atoms with E-state index in [4.69, 9.17) is 5.11 Å². The second-order valence-corrected chi connectivity index (χ2v) is 8.15. The van der Waals surface area contributed by atoms with Crippen LogP contribution in [0.4, 0.5) is 4.79 Å². The first-order valence-electron chi connectivity index (χ1n) is 9.25. The van der Waals surface area contributed by atoms with E-state index in [1.54, 1.807) is 4.90 Å². The minimum atomic E-state index is -0.783. The molecule has 2 aliphatic heterocycles. The molecule has 2 saturated heterocycles. The van der Waals surface area contributed by atoms with Gasteiger partial charge in [-0.05, 0) is 37.7 Å². The van der Waals surface area contributed by atoms with Gasteiger partial charge in [-0.25, -0.2) is 4.79 Å². The number of likely N-dealkylation sites (tertiary alicyclic amines) is 2. The molecule has 0 radical (unpaired) electrons. The van der Waals surface area contributed by atoms with Crippen molar-refractivity contribution in [3.63, 3.8) is 0 Å². The van der Waals surface area contributed by atoms with Gasteiger partial charge in [-0.2, -0.15) is 5.26 Å². The van der Waals surface area contributed by atoms with Crippen molar-refractivity contribution in [2.75, 3.05) is 26.2 Å².